The quantitative estimate of drug-likeness (QED) is 0.481. The molecule has 2 aromatic heterocycles. The summed E-state index contributed by atoms with van der Waals surface area (Å²) in [5.41, 5.74) is 2.41. The van der Waals surface area contributed by atoms with Gasteiger partial charge in [-0.05, 0) is 49.2 Å². The maximum absolute atomic E-state index is 12.9. The number of imidazole rings is 1. The summed E-state index contributed by atoms with van der Waals surface area (Å²) < 4.78 is 12.9. The second-order valence-corrected chi connectivity index (χ2v) is 8.10. The molecule has 2 heterocycles. The molecular formula is C23H19N3O4S. The third kappa shape index (κ3) is 3.96. The normalized spacial score (nSPS) is 11.8. The van der Waals surface area contributed by atoms with Crippen molar-refractivity contribution >= 4 is 28.1 Å². The van der Waals surface area contributed by atoms with Crippen molar-refractivity contribution in [3.63, 3.8) is 0 Å². The zero-order valence-electron chi connectivity index (χ0n) is 17.1. The van der Waals surface area contributed by atoms with Gasteiger partial charge in [0.2, 0.25) is 5.75 Å². The van der Waals surface area contributed by atoms with Crippen LogP contribution in [0.1, 0.15) is 19.4 Å². The van der Waals surface area contributed by atoms with E-state index < -0.39 is 0 Å². The topological polar surface area (TPSA) is 77.4 Å². The Bertz CT molecular complexity index is 1430. The van der Waals surface area contributed by atoms with Crippen molar-refractivity contribution in [3.05, 3.63) is 74.5 Å². The largest absolute Gasteiger partial charge is 0.502 e. The van der Waals surface area contributed by atoms with Crippen molar-refractivity contribution < 1.29 is 14.6 Å². The fourth-order valence-electron chi connectivity index (χ4n) is 3.14. The van der Waals surface area contributed by atoms with E-state index in [1.54, 1.807) is 42.6 Å². The summed E-state index contributed by atoms with van der Waals surface area (Å²) in [4.78, 5) is 21.5. The number of hydrogen-bond donors (Lipinski definition) is 1. The summed E-state index contributed by atoms with van der Waals surface area (Å²) in [7, 11) is 1.46. The van der Waals surface area contributed by atoms with Crippen LogP contribution in [0.25, 0.3) is 27.1 Å². The molecule has 0 saturated carbocycles. The number of methoxy groups -OCH3 is 1. The summed E-state index contributed by atoms with van der Waals surface area (Å²) in [6.45, 7) is 10.9. The van der Waals surface area contributed by atoms with E-state index in [0.29, 0.717) is 26.4 Å². The highest BCUT2D eigenvalue weighted by Gasteiger charge is 2.14. The van der Waals surface area contributed by atoms with E-state index in [4.69, 9.17) is 16.0 Å². The van der Waals surface area contributed by atoms with Crippen LogP contribution in [-0.2, 0) is 0 Å². The number of phenolic OH excluding ortho intramolecular Hbond substituents is 1. The van der Waals surface area contributed by atoms with Gasteiger partial charge in [0.15, 0.2) is 22.1 Å². The van der Waals surface area contributed by atoms with Crippen molar-refractivity contribution in [2.24, 2.45) is 0 Å². The van der Waals surface area contributed by atoms with E-state index >= 15 is 0 Å². The van der Waals surface area contributed by atoms with Crippen LogP contribution in [-0.4, -0.2) is 27.7 Å². The Balaban J connectivity index is 1.79. The van der Waals surface area contributed by atoms with Gasteiger partial charge in [0.25, 0.3) is 5.56 Å². The Labute approximate surface area is 182 Å². The number of nitrogens with zero attached hydrogens (tertiary/aromatic N) is 3. The van der Waals surface area contributed by atoms with Gasteiger partial charge in [-0.25, -0.2) is 9.83 Å². The molecule has 4 aromatic rings. The van der Waals surface area contributed by atoms with E-state index in [1.807, 2.05) is 19.9 Å². The van der Waals surface area contributed by atoms with Gasteiger partial charge in [0, 0.05) is 6.20 Å². The lowest BCUT2D eigenvalue weighted by Gasteiger charge is -2.14. The number of phenols is 1. The van der Waals surface area contributed by atoms with Crippen molar-refractivity contribution in [1.82, 2.24) is 9.38 Å². The van der Waals surface area contributed by atoms with Crippen LogP contribution < -0.4 is 19.6 Å². The molecule has 0 atom stereocenters. The third-order valence-corrected chi connectivity index (χ3v) is 5.50. The molecule has 0 fully saturated rings. The average molecular weight is 433 g/mol. The van der Waals surface area contributed by atoms with E-state index in [2.05, 4.69) is 9.83 Å². The molecule has 0 unspecified atom stereocenters. The zero-order chi connectivity index (χ0) is 22.1. The predicted octanol–water partition coefficient (Wildman–Crippen LogP) is 4.02. The molecule has 4 rings (SSSR count). The van der Waals surface area contributed by atoms with E-state index in [9.17, 15) is 9.90 Å². The molecule has 0 aliphatic rings. The van der Waals surface area contributed by atoms with Crippen LogP contribution in [0.4, 0.5) is 5.69 Å². The average Bonchev–Trinajstić information content (AvgIpc) is 3.29. The molecule has 0 spiro atoms. The highest BCUT2D eigenvalue weighted by Crippen LogP contribution is 2.38. The lowest BCUT2D eigenvalue weighted by Crippen LogP contribution is -2.22. The minimum atomic E-state index is -0.196. The molecular weight excluding hydrogens is 414 g/mol. The molecule has 0 bridgehead atoms. The van der Waals surface area contributed by atoms with Crippen molar-refractivity contribution in [1.29, 1.82) is 0 Å². The first-order chi connectivity index (χ1) is 14.9. The summed E-state index contributed by atoms with van der Waals surface area (Å²) in [5, 5.41) is 10.3. The lowest BCUT2D eigenvalue weighted by molar-refractivity contribution is 0.228. The third-order valence-electron chi connectivity index (χ3n) is 4.52. The summed E-state index contributed by atoms with van der Waals surface area (Å²) >= 11 is 1.26. The lowest BCUT2D eigenvalue weighted by atomic mass is 10.1. The number of ether oxygens (including phenoxy) is 2. The smallest absolute Gasteiger partial charge is 0.274 e. The first-order valence-electron chi connectivity index (χ1n) is 9.48. The minimum absolute atomic E-state index is 0.0806. The number of benzene rings is 2. The van der Waals surface area contributed by atoms with Crippen LogP contribution in [0, 0.1) is 6.57 Å². The molecule has 2 aromatic carbocycles. The van der Waals surface area contributed by atoms with E-state index in [-0.39, 0.29) is 28.9 Å². The van der Waals surface area contributed by atoms with Gasteiger partial charge in [-0.15, -0.1) is 0 Å². The molecule has 0 aliphatic carbocycles. The fraction of sp³-hybridized carbons (Fsp3) is 0.174. The second kappa shape index (κ2) is 8.13. The monoisotopic (exact) mass is 433 g/mol. The Morgan fingerprint density at radius 2 is 2.03 bits per heavy atom. The molecule has 0 aliphatic heterocycles. The Morgan fingerprint density at radius 3 is 2.71 bits per heavy atom. The molecule has 0 radical (unpaired) electrons. The SMILES string of the molecule is [C-]#[N+]c1cccc(-c2cn3c(=O)/c(=C/c4cc(OC)c(O)c(OC(C)C)c4)sc3n2)c1. The zero-order valence-corrected chi connectivity index (χ0v) is 17.9. The van der Waals surface area contributed by atoms with Crippen LogP contribution >= 0.6 is 11.3 Å². The fourth-order valence-corrected chi connectivity index (χ4v) is 4.10. The highest BCUT2D eigenvalue weighted by molar-refractivity contribution is 7.15. The van der Waals surface area contributed by atoms with Crippen LogP contribution in [0.3, 0.4) is 0 Å². The van der Waals surface area contributed by atoms with E-state index in [0.717, 1.165) is 5.56 Å². The van der Waals surface area contributed by atoms with Gasteiger partial charge >= 0.3 is 0 Å². The molecule has 156 valence electrons. The van der Waals surface area contributed by atoms with Crippen molar-refractivity contribution in [2.75, 3.05) is 7.11 Å². The standard InChI is InChI=1S/C23H19N3O4S/c1-13(2)30-19-9-14(8-18(29-4)21(19)27)10-20-22(28)26-12-17(25-23(26)31-20)15-6-5-7-16(11-15)24-3/h5-13,27H,1-2,4H3/b20-10-. The molecule has 0 saturated heterocycles. The van der Waals surface area contributed by atoms with Gasteiger partial charge in [-0.1, -0.05) is 29.5 Å². The number of fused-ring (bicyclic) bond motifs is 1. The molecule has 31 heavy (non-hydrogen) atoms. The Hall–Kier alpha value is -3.83. The first kappa shape index (κ1) is 20.4. The summed E-state index contributed by atoms with van der Waals surface area (Å²) in [5.74, 6) is 0.472. The molecule has 8 heteroatoms. The number of rotatable bonds is 5. The van der Waals surface area contributed by atoms with Gasteiger partial charge in [-0.2, -0.15) is 0 Å². The van der Waals surface area contributed by atoms with Crippen molar-refractivity contribution in [2.45, 2.75) is 20.0 Å². The van der Waals surface area contributed by atoms with Crippen molar-refractivity contribution in [3.8, 4) is 28.5 Å². The summed E-state index contributed by atoms with van der Waals surface area (Å²) in [6, 6.07) is 10.4. The maximum atomic E-state index is 12.9. The predicted molar refractivity (Wildman–Crippen MR) is 120 cm³/mol. The molecule has 1 N–H and O–H groups in total. The van der Waals surface area contributed by atoms with Gasteiger partial charge in [0.05, 0.1) is 30.0 Å². The van der Waals surface area contributed by atoms with Crippen LogP contribution in [0.5, 0.6) is 17.2 Å². The Morgan fingerprint density at radius 1 is 1.26 bits per heavy atom. The molecule has 0 amide bonds. The molecule has 7 nitrogen and oxygen atoms in total. The van der Waals surface area contributed by atoms with Crippen LogP contribution in [0.15, 0.2) is 47.4 Å². The summed E-state index contributed by atoms with van der Waals surface area (Å²) in [6.07, 6.45) is 3.26. The van der Waals surface area contributed by atoms with Crippen LogP contribution in [0.2, 0.25) is 0 Å². The number of hydrogen-bond acceptors (Lipinski definition) is 6. The van der Waals surface area contributed by atoms with E-state index in [1.165, 1.54) is 22.8 Å². The van der Waals surface area contributed by atoms with Gasteiger partial charge in [0.1, 0.15) is 0 Å². The maximum Gasteiger partial charge on any atom is 0.274 e. The first-order valence-corrected chi connectivity index (χ1v) is 10.3. The number of thiazole rings is 1. The van der Waals surface area contributed by atoms with Gasteiger partial charge < -0.3 is 14.6 Å². The van der Waals surface area contributed by atoms with Gasteiger partial charge in [-0.3, -0.25) is 9.20 Å². The second-order valence-electron chi connectivity index (χ2n) is 7.09. The highest BCUT2D eigenvalue weighted by atomic mass is 32.1. The minimum Gasteiger partial charge on any atom is -0.502 e. The number of aromatic hydroxyl groups is 1. The Kier molecular flexibility index (Phi) is 5.36. The number of aromatic nitrogens is 2.